The van der Waals surface area contributed by atoms with Crippen LogP contribution in [0.2, 0.25) is 0 Å². The molecule has 0 unspecified atom stereocenters. The Morgan fingerprint density at radius 3 is 2.06 bits per heavy atom. The first-order chi connectivity index (χ1) is 8.50. The van der Waals surface area contributed by atoms with Crippen LogP contribution in [-0.2, 0) is 0 Å². The molecule has 0 aliphatic rings. The second kappa shape index (κ2) is 4.93. The fraction of sp³-hybridized carbons (Fsp3) is 0.294. The zero-order valence-electron chi connectivity index (χ0n) is 11.4. The summed E-state index contributed by atoms with van der Waals surface area (Å²) < 4.78 is 13.0. The summed E-state index contributed by atoms with van der Waals surface area (Å²) in [6, 6.07) is 11.0. The lowest BCUT2D eigenvalue weighted by molar-refractivity contribution is 0.628. The van der Waals surface area contributed by atoms with Crippen LogP contribution in [-0.4, -0.2) is 0 Å². The lowest BCUT2D eigenvalue weighted by Gasteiger charge is -2.17. The first-order valence-electron chi connectivity index (χ1n) is 6.36. The number of benzene rings is 2. The fourth-order valence-electron chi connectivity index (χ4n) is 2.69. The first kappa shape index (κ1) is 12.8. The highest BCUT2D eigenvalue weighted by atomic mass is 19.1. The van der Waals surface area contributed by atoms with E-state index in [1.54, 1.807) is 0 Å². The molecule has 2 aromatic rings. The summed E-state index contributed by atoms with van der Waals surface area (Å²) in [7, 11) is 0. The minimum atomic E-state index is -0.187. The van der Waals surface area contributed by atoms with Gasteiger partial charge >= 0.3 is 0 Å². The molecule has 0 spiro atoms. The van der Waals surface area contributed by atoms with Gasteiger partial charge in [-0.25, -0.2) is 4.39 Å². The van der Waals surface area contributed by atoms with Crippen LogP contribution in [0.3, 0.4) is 0 Å². The maximum Gasteiger partial charge on any atom is 0.123 e. The van der Waals surface area contributed by atoms with Gasteiger partial charge in [0.15, 0.2) is 0 Å². The summed E-state index contributed by atoms with van der Waals surface area (Å²) in [6.45, 7) is 8.73. The Labute approximate surface area is 108 Å². The van der Waals surface area contributed by atoms with Crippen LogP contribution in [0.5, 0.6) is 0 Å². The monoisotopic (exact) mass is 242 g/mol. The molecule has 2 aromatic carbocycles. The Bertz CT molecular complexity index is 551. The third-order valence-corrected chi connectivity index (χ3v) is 3.47. The first-order valence-corrected chi connectivity index (χ1v) is 6.36. The third-order valence-electron chi connectivity index (χ3n) is 3.47. The van der Waals surface area contributed by atoms with Crippen molar-refractivity contribution in [2.24, 2.45) is 0 Å². The summed E-state index contributed by atoms with van der Waals surface area (Å²) in [5.74, 6) is 0.318. The smallest absolute Gasteiger partial charge is 0.123 e. The Kier molecular flexibility index (Phi) is 3.51. The molecule has 0 bridgehead atoms. The standard InChI is InChI=1S/C17H19F/c1-11(2)17-12(3)5-10-16(13(17)4)14-6-8-15(18)9-7-14/h5-11H,1-4H3. The molecule has 2 rings (SSSR count). The van der Waals surface area contributed by atoms with E-state index in [4.69, 9.17) is 0 Å². The van der Waals surface area contributed by atoms with Crippen LogP contribution in [0, 0.1) is 19.7 Å². The summed E-state index contributed by atoms with van der Waals surface area (Å²) in [5.41, 5.74) is 6.31. The van der Waals surface area contributed by atoms with Crippen LogP contribution >= 0.6 is 0 Å². The predicted octanol–water partition coefficient (Wildman–Crippen LogP) is 5.23. The van der Waals surface area contributed by atoms with Crippen LogP contribution < -0.4 is 0 Å². The zero-order chi connectivity index (χ0) is 13.3. The molecular weight excluding hydrogens is 223 g/mol. The van der Waals surface area contributed by atoms with Gasteiger partial charge in [-0.2, -0.15) is 0 Å². The van der Waals surface area contributed by atoms with Crippen molar-refractivity contribution < 1.29 is 4.39 Å². The number of hydrogen-bond acceptors (Lipinski definition) is 0. The van der Waals surface area contributed by atoms with Gasteiger partial charge in [-0.15, -0.1) is 0 Å². The zero-order valence-corrected chi connectivity index (χ0v) is 11.4. The van der Waals surface area contributed by atoms with Crippen molar-refractivity contribution in [1.82, 2.24) is 0 Å². The second-order valence-corrected chi connectivity index (χ2v) is 5.13. The van der Waals surface area contributed by atoms with Crippen molar-refractivity contribution in [1.29, 1.82) is 0 Å². The molecule has 0 saturated heterocycles. The largest absolute Gasteiger partial charge is 0.207 e. The van der Waals surface area contributed by atoms with Crippen LogP contribution in [0.4, 0.5) is 4.39 Å². The van der Waals surface area contributed by atoms with Gasteiger partial charge in [0.2, 0.25) is 0 Å². The third kappa shape index (κ3) is 2.31. The van der Waals surface area contributed by atoms with E-state index in [0.29, 0.717) is 5.92 Å². The number of rotatable bonds is 2. The van der Waals surface area contributed by atoms with Gasteiger partial charge in [-0.3, -0.25) is 0 Å². The van der Waals surface area contributed by atoms with E-state index in [0.717, 1.165) is 5.56 Å². The minimum absolute atomic E-state index is 0.187. The van der Waals surface area contributed by atoms with Gasteiger partial charge < -0.3 is 0 Å². The van der Waals surface area contributed by atoms with Crippen LogP contribution in [0.15, 0.2) is 36.4 Å². The van der Waals surface area contributed by atoms with Crippen molar-refractivity contribution in [3.05, 3.63) is 58.9 Å². The summed E-state index contributed by atoms with van der Waals surface area (Å²) in [5, 5.41) is 0. The average molecular weight is 242 g/mol. The molecule has 1 heteroatoms. The average Bonchev–Trinajstić information content (AvgIpc) is 2.30. The van der Waals surface area contributed by atoms with Gasteiger partial charge in [0.25, 0.3) is 0 Å². The molecule has 0 nitrogen and oxygen atoms in total. The highest BCUT2D eigenvalue weighted by molar-refractivity contribution is 5.69. The normalized spacial score (nSPS) is 11.0. The van der Waals surface area contributed by atoms with Gasteiger partial charge in [-0.05, 0) is 59.7 Å². The van der Waals surface area contributed by atoms with Crippen molar-refractivity contribution in [3.8, 4) is 11.1 Å². The molecule has 18 heavy (non-hydrogen) atoms. The lowest BCUT2D eigenvalue weighted by Crippen LogP contribution is -1.98. The second-order valence-electron chi connectivity index (χ2n) is 5.13. The van der Waals surface area contributed by atoms with E-state index < -0.39 is 0 Å². The maximum absolute atomic E-state index is 13.0. The molecule has 0 heterocycles. The summed E-state index contributed by atoms with van der Waals surface area (Å²) in [6.07, 6.45) is 0. The topological polar surface area (TPSA) is 0 Å². The van der Waals surface area contributed by atoms with Crippen molar-refractivity contribution >= 4 is 0 Å². The lowest BCUT2D eigenvalue weighted by atomic mass is 9.88. The van der Waals surface area contributed by atoms with E-state index in [1.807, 2.05) is 12.1 Å². The quantitative estimate of drug-likeness (QED) is 0.676. The molecule has 0 atom stereocenters. The van der Waals surface area contributed by atoms with Gasteiger partial charge in [0.1, 0.15) is 5.82 Å². The summed E-state index contributed by atoms with van der Waals surface area (Å²) in [4.78, 5) is 0. The van der Waals surface area contributed by atoms with E-state index in [-0.39, 0.29) is 5.82 Å². The molecule has 0 aliphatic heterocycles. The summed E-state index contributed by atoms with van der Waals surface area (Å²) >= 11 is 0. The van der Waals surface area contributed by atoms with Gasteiger partial charge in [0, 0.05) is 0 Å². The molecule has 0 fully saturated rings. The van der Waals surface area contributed by atoms with Crippen molar-refractivity contribution in [2.75, 3.05) is 0 Å². The van der Waals surface area contributed by atoms with Crippen molar-refractivity contribution in [3.63, 3.8) is 0 Å². The number of aryl methyl sites for hydroxylation is 1. The SMILES string of the molecule is Cc1ccc(-c2ccc(F)cc2)c(C)c1C(C)C. The molecule has 0 radical (unpaired) electrons. The van der Waals surface area contributed by atoms with E-state index in [2.05, 4.69) is 39.8 Å². The number of hydrogen-bond donors (Lipinski definition) is 0. The Morgan fingerprint density at radius 1 is 0.889 bits per heavy atom. The van der Waals surface area contributed by atoms with E-state index in [9.17, 15) is 4.39 Å². The molecule has 0 aliphatic carbocycles. The number of halogens is 1. The van der Waals surface area contributed by atoms with E-state index >= 15 is 0 Å². The highest BCUT2D eigenvalue weighted by Gasteiger charge is 2.11. The Hall–Kier alpha value is -1.63. The van der Waals surface area contributed by atoms with Crippen LogP contribution in [0.1, 0.15) is 36.5 Å². The Balaban J connectivity index is 2.59. The molecule has 0 saturated carbocycles. The minimum Gasteiger partial charge on any atom is -0.207 e. The van der Waals surface area contributed by atoms with E-state index in [1.165, 1.54) is 34.4 Å². The molecule has 0 amide bonds. The Morgan fingerprint density at radius 2 is 1.50 bits per heavy atom. The van der Waals surface area contributed by atoms with Crippen molar-refractivity contribution in [2.45, 2.75) is 33.6 Å². The predicted molar refractivity (Wildman–Crippen MR) is 75.4 cm³/mol. The van der Waals surface area contributed by atoms with Gasteiger partial charge in [-0.1, -0.05) is 38.1 Å². The molecule has 0 N–H and O–H groups in total. The highest BCUT2D eigenvalue weighted by Crippen LogP contribution is 2.31. The fourth-order valence-corrected chi connectivity index (χ4v) is 2.69. The molecule has 94 valence electrons. The van der Waals surface area contributed by atoms with Gasteiger partial charge in [0.05, 0.1) is 0 Å². The maximum atomic E-state index is 13.0. The molecule has 0 aromatic heterocycles. The van der Waals surface area contributed by atoms with Crippen LogP contribution in [0.25, 0.3) is 11.1 Å². The molecular formula is C17H19F.